The minimum atomic E-state index is -0.202. The van der Waals surface area contributed by atoms with E-state index in [9.17, 15) is 4.79 Å². The van der Waals surface area contributed by atoms with Crippen molar-refractivity contribution in [2.45, 2.75) is 13.3 Å². The molecule has 1 aromatic carbocycles. The van der Waals surface area contributed by atoms with Crippen molar-refractivity contribution in [2.24, 2.45) is 0 Å². The summed E-state index contributed by atoms with van der Waals surface area (Å²) in [5.41, 5.74) is 2.80. The molecule has 0 atom stereocenters. The highest BCUT2D eigenvalue weighted by atomic mass is 16.1. The fraction of sp³-hybridized carbons (Fsp3) is 0.250. The van der Waals surface area contributed by atoms with Crippen molar-refractivity contribution in [2.75, 3.05) is 6.54 Å². The fourth-order valence-corrected chi connectivity index (χ4v) is 1.60. The third kappa shape index (κ3) is 2.90. The zero-order valence-corrected chi connectivity index (χ0v) is 9.60. The lowest BCUT2D eigenvalue weighted by molar-refractivity contribution is 0.0949. The lowest BCUT2D eigenvalue weighted by Gasteiger charge is -2.05. The van der Waals surface area contributed by atoms with Crippen LogP contribution in [-0.4, -0.2) is 27.9 Å². The Morgan fingerprint density at radius 1 is 1.41 bits per heavy atom. The number of nitrogens with zero attached hydrogens (tertiary/aromatic N) is 2. The van der Waals surface area contributed by atoms with Crippen molar-refractivity contribution in [1.29, 1.82) is 0 Å². The molecule has 0 spiro atoms. The third-order valence-corrected chi connectivity index (χ3v) is 2.59. The summed E-state index contributed by atoms with van der Waals surface area (Å²) in [5, 5.41) is 12.5. The van der Waals surface area contributed by atoms with E-state index in [2.05, 4.69) is 39.8 Å². The number of rotatable bonds is 4. The number of amides is 1. The molecule has 1 amide bonds. The molecule has 0 aliphatic rings. The smallest absolute Gasteiger partial charge is 0.273 e. The van der Waals surface area contributed by atoms with Crippen LogP contribution in [0.25, 0.3) is 0 Å². The van der Waals surface area contributed by atoms with E-state index in [0.29, 0.717) is 12.2 Å². The standard InChI is InChI=1S/C12H14N4O/c1-9-4-2-3-5-10(9)6-7-13-12(17)11-8-14-16-15-11/h2-5,8H,6-7H2,1H3,(H,13,17)(H,14,15,16). The number of aromatic nitrogens is 3. The molecule has 0 unspecified atom stereocenters. The van der Waals surface area contributed by atoms with Crippen LogP contribution in [0, 0.1) is 6.92 Å². The highest BCUT2D eigenvalue weighted by Gasteiger charge is 2.07. The van der Waals surface area contributed by atoms with Crippen LogP contribution in [0.5, 0.6) is 0 Å². The zero-order chi connectivity index (χ0) is 12.1. The number of aromatic amines is 1. The molecule has 2 aromatic rings. The average Bonchev–Trinajstić information content (AvgIpc) is 2.85. The highest BCUT2D eigenvalue weighted by Crippen LogP contribution is 2.06. The first kappa shape index (κ1) is 11.3. The van der Waals surface area contributed by atoms with Crippen LogP contribution in [0.3, 0.4) is 0 Å². The number of aryl methyl sites for hydroxylation is 1. The number of hydrogen-bond acceptors (Lipinski definition) is 3. The van der Waals surface area contributed by atoms with Gasteiger partial charge in [-0.1, -0.05) is 24.3 Å². The Morgan fingerprint density at radius 3 is 2.94 bits per heavy atom. The van der Waals surface area contributed by atoms with Crippen molar-refractivity contribution in [3.8, 4) is 0 Å². The van der Waals surface area contributed by atoms with Gasteiger partial charge in [0.1, 0.15) is 0 Å². The molecule has 5 heteroatoms. The zero-order valence-electron chi connectivity index (χ0n) is 9.60. The molecule has 0 saturated carbocycles. The van der Waals surface area contributed by atoms with Gasteiger partial charge in [0.2, 0.25) is 0 Å². The molecule has 2 rings (SSSR count). The molecule has 0 fully saturated rings. The first-order valence-electron chi connectivity index (χ1n) is 5.46. The molecular formula is C12H14N4O. The molecule has 0 aliphatic carbocycles. The van der Waals surface area contributed by atoms with Crippen molar-refractivity contribution in [3.05, 3.63) is 47.3 Å². The maximum atomic E-state index is 11.5. The van der Waals surface area contributed by atoms with Crippen LogP contribution in [0.2, 0.25) is 0 Å². The summed E-state index contributed by atoms with van der Waals surface area (Å²) in [6.07, 6.45) is 2.22. The van der Waals surface area contributed by atoms with Crippen LogP contribution in [0.1, 0.15) is 21.6 Å². The molecule has 2 N–H and O–H groups in total. The molecule has 17 heavy (non-hydrogen) atoms. The summed E-state index contributed by atoms with van der Waals surface area (Å²) in [4.78, 5) is 11.5. The molecule has 0 aliphatic heterocycles. The largest absolute Gasteiger partial charge is 0.350 e. The molecular weight excluding hydrogens is 216 g/mol. The molecule has 0 bridgehead atoms. The van der Waals surface area contributed by atoms with Crippen LogP contribution >= 0.6 is 0 Å². The van der Waals surface area contributed by atoms with Crippen molar-refractivity contribution in [3.63, 3.8) is 0 Å². The lowest BCUT2D eigenvalue weighted by Crippen LogP contribution is -2.26. The van der Waals surface area contributed by atoms with Crippen molar-refractivity contribution >= 4 is 5.91 Å². The van der Waals surface area contributed by atoms with Gasteiger partial charge in [-0.25, -0.2) is 0 Å². The second kappa shape index (κ2) is 5.25. The molecule has 1 heterocycles. The Morgan fingerprint density at radius 2 is 2.24 bits per heavy atom. The molecule has 1 aromatic heterocycles. The van der Waals surface area contributed by atoms with Gasteiger partial charge in [-0.15, -0.1) is 0 Å². The first-order chi connectivity index (χ1) is 8.27. The van der Waals surface area contributed by atoms with Gasteiger partial charge in [0, 0.05) is 6.54 Å². The highest BCUT2D eigenvalue weighted by molar-refractivity contribution is 5.91. The van der Waals surface area contributed by atoms with Gasteiger partial charge in [0.25, 0.3) is 5.91 Å². The number of hydrogen-bond donors (Lipinski definition) is 2. The predicted molar refractivity (Wildman–Crippen MR) is 63.6 cm³/mol. The van der Waals surface area contributed by atoms with Crippen molar-refractivity contribution in [1.82, 2.24) is 20.7 Å². The van der Waals surface area contributed by atoms with Gasteiger partial charge < -0.3 is 5.32 Å². The third-order valence-electron chi connectivity index (χ3n) is 2.59. The van der Waals surface area contributed by atoms with E-state index in [1.54, 1.807) is 0 Å². The van der Waals surface area contributed by atoms with E-state index in [0.717, 1.165) is 6.42 Å². The number of carbonyl (C=O) groups excluding carboxylic acids is 1. The average molecular weight is 230 g/mol. The SMILES string of the molecule is Cc1ccccc1CCNC(=O)c1cn[nH]n1. The fourth-order valence-electron chi connectivity index (χ4n) is 1.60. The van der Waals surface area contributed by atoms with E-state index >= 15 is 0 Å². The number of nitrogens with one attached hydrogen (secondary N) is 2. The Balaban J connectivity index is 1.84. The second-order valence-corrected chi connectivity index (χ2v) is 3.79. The summed E-state index contributed by atoms with van der Waals surface area (Å²) in [5.74, 6) is -0.202. The van der Waals surface area contributed by atoms with Gasteiger partial charge >= 0.3 is 0 Å². The maximum absolute atomic E-state index is 11.5. The van der Waals surface area contributed by atoms with E-state index in [1.807, 2.05) is 12.1 Å². The van der Waals surface area contributed by atoms with Crippen LogP contribution < -0.4 is 5.32 Å². The van der Waals surface area contributed by atoms with Crippen molar-refractivity contribution < 1.29 is 4.79 Å². The van der Waals surface area contributed by atoms with Gasteiger partial charge in [-0.3, -0.25) is 4.79 Å². The van der Waals surface area contributed by atoms with Crippen LogP contribution in [0.15, 0.2) is 30.5 Å². The summed E-state index contributed by atoms with van der Waals surface area (Å²) in [6.45, 7) is 2.66. The van der Waals surface area contributed by atoms with E-state index in [-0.39, 0.29) is 5.91 Å². The number of benzene rings is 1. The summed E-state index contributed by atoms with van der Waals surface area (Å²) < 4.78 is 0. The molecule has 5 nitrogen and oxygen atoms in total. The van der Waals surface area contributed by atoms with E-state index < -0.39 is 0 Å². The quantitative estimate of drug-likeness (QED) is 0.825. The minimum absolute atomic E-state index is 0.202. The van der Waals surface area contributed by atoms with E-state index in [1.165, 1.54) is 17.3 Å². The Hall–Kier alpha value is -2.17. The lowest BCUT2D eigenvalue weighted by atomic mass is 10.1. The minimum Gasteiger partial charge on any atom is -0.350 e. The van der Waals surface area contributed by atoms with Crippen LogP contribution in [-0.2, 0) is 6.42 Å². The first-order valence-corrected chi connectivity index (χ1v) is 5.46. The van der Waals surface area contributed by atoms with Gasteiger partial charge in [-0.05, 0) is 24.5 Å². The summed E-state index contributed by atoms with van der Waals surface area (Å²) >= 11 is 0. The summed E-state index contributed by atoms with van der Waals surface area (Å²) in [7, 11) is 0. The monoisotopic (exact) mass is 230 g/mol. The summed E-state index contributed by atoms with van der Waals surface area (Å²) in [6, 6.07) is 8.14. The maximum Gasteiger partial charge on any atom is 0.273 e. The van der Waals surface area contributed by atoms with E-state index in [4.69, 9.17) is 0 Å². The molecule has 0 saturated heterocycles. The normalized spacial score (nSPS) is 10.2. The van der Waals surface area contributed by atoms with Crippen LogP contribution in [0.4, 0.5) is 0 Å². The van der Waals surface area contributed by atoms with Gasteiger partial charge in [-0.2, -0.15) is 15.4 Å². The predicted octanol–water partition coefficient (Wildman–Crippen LogP) is 1.09. The molecule has 88 valence electrons. The number of carbonyl (C=O) groups is 1. The second-order valence-electron chi connectivity index (χ2n) is 3.79. The Kier molecular flexibility index (Phi) is 3.49. The van der Waals surface area contributed by atoms with Gasteiger partial charge in [0.05, 0.1) is 6.20 Å². The number of H-pyrrole nitrogens is 1. The van der Waals surface area contributed by atoms with Gasteiger partial charge in [0.15, 0.2) is 5.69 Å². The Bertz CT molecular complexity index is 493. The Labute approximate surface area is 99.2 Å². The topological polar surface area (TPSA) is 70.7 Å². The molecule has 0 radical (unpaired) electrons.